The summed E-state index contributed by atoms with van der Waals surface area (Å²) in [6.45, 7) is 11.4. The molecular formula is C27H29ClN4O2S. The predicted molar refractivity (Wildman–Crippen MR) is 139 cm³/mol. The number of benzene rings is 1. The lowest BCUT2D eigenvalue weighted by Crippen LogP contribution is -2.43. The molecule has 2 aliphatic heterocycles. The highest BCUT2D eigenvalue weighted by atomic mass is 35.5. The Morgan fingerprint density at radius 2 is 1.80 bits per heavy atom. The van der Waals surface area contributed by atoms with Crippen molar-refractivity contribution in [3.05, 3.63) is 51.5 Å². The van der Waals surface area contributed by atoms with Crippen LogP contribution in [-0.4, -0.2) is 52.8 Å². The van der Waals surface area contributed by atoms with Crippen LogP contribution in [0.3, 0.4) is 0 Å². The van der Waals surface area contributed by atoms with Crippen molar-refractivity contribution in [1.82, 2.24) is 20.1 Å². The first kappa shape index (κ1) is 23.1. The highest BCUT2D eigenvalue weighted by Gasteiger charge is 2.72. The minimum absolute atomic E-state index is 0.0283. The number of thiophene rings is 1. The smallest absolute Gasteiger partial charge is 0.234 e. The quantitative estimate of drug-likeness (QED) is 0.515. The fraction of sp³-hybridized carbons (Fsp3) is 0.444. The molecule has 1 aliphatic carbocycles. The average Bonchev–Trinajstić information content (AvgIpc) is 3.07. The minimum atomic E-state index is -0.190. The van der Waals surface area contributed by atoms with Crippen LogP contribution in [0.2, 0.25) is 5.02 Å². The van der Waals surface area contributed by atoms with Gasteiger partial charge in [-0.15, -0.1) is 11.3 Å². The van der Waals surface area contributed by atoms with Crippen molar-refractivity contribution in [3.8, 4) is 11.1 Å². The number of nitrogens with one attached hydrogen (secondary N) is 1. The van der Waals surface area contributed by atoms with E-state index in [1.165, 1.54) is 16.0 Å². The molecule has 3 aliphatic rings. The largest absolute Gasteiger partial charge is 0.314 e. The molecule has 2 amide bonds. The van der Waals surface area contributed by atoms with Gasteiger partial charge < -0.3 is 5.32 Å². The van der Waals surface area contributed by atoms with E-state index in [0.29, 0.717) is 6.54 Å². The molecule has 0 spiro atoms. The molecule has 3 aromatic rings. The fourth-order valence-corrected chi connectivity index (χ4v) is 7.31. The van der Waals surface area contributed by atoms with Gasteiger partial charge in [-0.2, -0.15) is 0 Å². The Kier molecular flexibility index (Phi) is 5.53. The molecule has 2 aromatic heterocycles. The average molecular weight is 509 g/mol. The molecule has 1 aromatic carbocycles. The summed E-state index contributed by atoms with van der Waals surface area (Å²) in [7, 11) is 0. The molecule has 6 rings (SSSR count). The van der Waals surface area contributed by atoms with Crippen molar-refractivity contribution >= 4 is 45.0 Å². The number of hydrogen-bond acceptors (Lipinski definition) is 6. The Labute approximate surface area is 214 Å². The standard InChI is InChI=1S/C27H29ClN4O2S/c1-15-10-16(28)11-19(20(15)14-31-8-6-29-7-9-31)18-4-5-30-21-12-17(35-24(18)21)13-32-25(33)22-23(26(32)34)27(22,2)3/h4-5,10-12,22-23,29H,6-9,13-14H2,1-3H3. The zero-order chi connectivity index (χ0) is 24.5. The SMILES string of the molecule is Cc1cc(Cl)cc(-c2ccnc3cc(CN4C(=O)C5C(C4=O)C5(C)C)sc23)c1CN1CCNCC1. The first-order valence-corrected chi connectivity index (χ1v) is 13.4. The molecule has 2 unspecified atom stereocenters. The monoisotopic (exact) mass is 508 g/mol. The molecule has 4 heterocycles. The van der Waals surface area contributed by atoms with Crippen molar-refractivity contribution < 1.29 is 9.59 Å². The number of fused-ring (bicyclic) bond motifs is 2. The van der Waals surface area contributed by atoms with Crippen LogP contribution in [0, 0.1) is 24.2 Å². The van der Waals surface area contributed by atoms with Crippen LogP contribution in [0.5, 0.6) is 0 Å². The first-order valence-electron chi connectivity index (χ1n) is 12.2. The topological polar surface area (TPSA) is 65.5 Å². The van der Waals surface area contributed by atoms with Crippen molar-refractivity contribution in [2.45, 2.75) is 33.9 Å². The fourth-order valence-electron chi connectivity index (χ4n) is 5.91. The maximum Gasteiger partial charge on any atom is 0.234 e. The Morgan fingerprint density at radius 1 is 1.09 bits per heavy atom. The summed E-state index contributed by atoms with van der Waals surface area (Å²) in [6, 6.07) is 8.17. The van der Waals surface area contributed by atoms with Gasteiger partial charge in [-0.1, -0.05) is 25.4 Å². The third kappa shape index (κ3) is 3.80. The van der Waals surface area contributed by atoms with Crippen molar-refractivity contribution in [2.24, 2.45) is 17.3 Å². The van der Waals surface area contributed by atoms with Crippen LogP contribution in [-0.2, 0) is 22.7 Å². The molecule has 3 fully saturated rings. The molecular weight excluding hydrogens is 480 g/mol. The van der Waals surface area contributed by atoms with E-state index in [9.17, 15) is 9.59 Å². The number of imide groups is 1. The van der Waals surface area contributed by atoms with Gasteiger partial charge in [0, 0.05) is 54.4 Å². The number of rotatable bonds is 5. The van der Waals surface area contributed by atoms with E-state index in [-0.39, 0.29) is 29.1 Å². The van der Waals surface area contributed by atoms with Gasteiger partial charge in [0.15, 0.2) is 0 Å². The van der Waals surface area contributed by atoms with Crippen LogP contribution in [0.4, 0.5) is 0 Å². The van der Waals surface area contributed by atoms with E-state index in [1.807, 2.05) is 32.2 Å². The normalized spacial score (nSPS) is 23.8. The van der Waals surface area contributed by atoms with Crippen molar-refractivity contribution in [1.29, 1.82) is 0 Å². The van der Waals surface area contributed by atoms with E-state index >= 15 is 0 Å². The van der Waals surface area contributed by atoms with E-state index in [1.54, 1.807) is 11.3 Å². The number of likely N-dealkylation sites (tertiary alicyclic amines) is 1. The third-order valence-electron chi connectivity index (χ3n) is 7.99. The molecule has 182 valence electrons. The summed E-state index contributed by atoms with van der Waals surface area (Å²) < 4.78 is 1.07. The lowest BCUT2D eigenvalue weighted by Gasteiger charge is -2.29. The summed E-state index contributed by atoms with van der Waals surface area (Å²) in [6.07, 6.45) is 1.84. The zero-order valence-corrected chi connectivity index (χ0v) is 21.8. The summed E-state index contributed by atoms with van der Waals surface area (Å²) >= 11 is 8.16. The van der Waals surface area contributed by atoms with Crippen LogP contribution in [0.1, 0.15) is 29.9 Å². The number of piperidine rings is 1. The maximum absolute atomic E-state index is 12.9. The second-order valence-corrected chi connectivity index (χ2v) is 12.2. The molecule has 2 atom stereocenters. The lowest BCUT2D eigenvalue weighted by atomic mass is 9.95. The molecule has 6 nitrogen and oxygen atoms in total. The number of aromatic nitrogens is 1. The molecule has 0 radical (unpaired) electrons. The summed E-state index contributed by atoms with van der Waals surface area (Å²) in [5.74, 6) is -0.362. The van der Waals surface area contributed by atoms with Gasteiger partial charge in [-0.25, -0.2) is 0 Å². The maximum atomic E-state index is 12.9. The number of carbonyl (C=O) groups is 2. The lowest BCUT2D eigenvalue weighted by molar-refractivity contribution is -0.143. The van der Waals surface area contributed by atoms with Crippen LogP contribution >= 0.6 is 22.9 Å². The molecule has 8 heteroatoms. The highest BCUT2D eigenvalue weighted by molar-refractivity contribution is 7.19. The van der Waals surface area contributed by atoms with Crippen LogP contribution < -0.4 is 5.32 Å². The number of nitrogens with zero attached hydrogens (tertiary/aromatic N) is 3. The van der Waals surface area contributed by atoms with E-state index in [4.69, 9.17) is 11.6 Å². The van der Waals surface area contributed by atoms with Crippen LogP contribution in [0.15, 0.2) is 30.5 Å². The predicted octanol–water partition coefficient (Wildman–Crippen LogP) is 4.47. The van der Waals surface area contributed by atoms with Crippen LogP contribution in [0.25, 0.3) is 21.3 Å². The highest BCUT2D eigenvalue weighted by Crippen LogP contribution is 2.63. The Morgan fingerprint density at radius 3 is 2.51 bits per heavy atom. The van der Waals surface area contributed by atoms with E-state index in [0.717, 1.165) is 64.0 Å². The van der Waals surface area contributed by atoms with Crippen molar-refractivity contribution in [2.75, 3.05) is 26.2 Å². The number of carbonyl (C=O) groups excluding carboxylic acids is 2. The van der Waals surface area contributed by atoms with Gasteiger partial charge in [-0.05, 0) is 53.3 Å². The summed E-state index contributed by atoms with van der Waals surface area (Å²) in [5, 5.41) is 4.14. The minimum Gasteiger partial charge on any atom is -0.314 e. The number of hydrogen-bond donors (Lipinski definition) is 1. The second kappa shape index (κ2) is 8.37. The molecule has 0 bridgehead atoms. The summed E-state index contributed by atoms with van der Waals surface area (Å²) in [5.41, 5.74) is 5.40. The second-order valence-electron chi connectivity index (χ2n) is 10.6. The molecule has 2 saturated heterocycles. The molecule has 35 heavy (non-hydrogen) atoms. The molecule has 1 saturated carbocycles. The zero-order valence-electron chi connectivity index (χ0n) is 20.2. The number of amides is 2. The Balaban J connectivity index is 1.35. The van der Waals surface area contributed by atoms with E-state index in [2.05, 4.69) is 34.3 Å². The van der Waals surface area contributed by atoms with Gasteiger partial charge in [0.25, 0.3) is 0 Å². The summed E-state index contributed by atoms with van der Waals surface area (Å²) in [4.78, 5) is 35.2. The first-order chi connectivity index (χ1) is 16.8. The molecule has 1 N–H and O–H groups in total. The van der Waals surface area contributed by atoms with E-state index < -0.39 is 0 Å². The Bertz CT molecular complexity index is 1340. The number of pyridine rings is 1. The van der Waals surface area contributed by atoms with Crippen molar-refractivity contribution in [3.63, 3.8) is 0 Å². The Hall–Kier alpha value is -2.32. The van der Waals surface area contributed by atoms with Gasteiger partial charge >= 0.3 is 0 Å². The third-order valence-corrected chi connectivity index (χ3v) is 9.35. The number of aryl methyl sites for hydroxylation is 1. The number of halogens is 1. The van der Waals surface area contributed by atoms with Gasteiger partial charge in [0.05, 0.1) is 28.6 Å². The van der Waals surface area contributed by atoms with Gasteiger partial charge in [0.1, 0.15) is 0 Å². The number of piperazine rings is 1. The van der Waals surface area contributed by atoms with Gasteiger partial charge in [-0.3, -0.25) is 24.4 Å². The van der Waals surface area contributed by atoms with Gasteiger partial charge in [0.2, 0.25) is 11.8 Å².